The zero-order valence-corrected chi connectivity index (χ0v) is 8.81. The van der Waals surface area contributed by atoms with Gasteiger partial charge >= 0.3 is 0 Å². The number of ether oxygens (including phenoxy) is 1. The van der Waals surface area contributed by atoms with Crippen LogP contribution in [0.1, 0.15) is 10.4 Å². The summed E-state index contributed by atoms with van der Waals surface area (Å²) in [6.45, 7) is 3.60. The highest BCUT2D eigenvalue weighted by molar-refractivity contribution is 6.32. The monoisotopic (exact) mass is 230 g/mol. The number of rotatable bonds is 4. The molecule has 0 heterocycles. The zero-order chi connectivity index (χ0) is 10.6. The summed E-state index contributed by atoms with van der Waals surface area (Å²) in [5, 5.41) is 0.731. The quantitative estimate of drug-likeness (QED) is 0.743. The highest BCUT2D eigenvalue weighted by Crippen LogP contribution is 2.27. The number of carbonyl (C=O) groups excluding carboxylic acids is 1. The Morgan fingerprint density at radius 2 is 2.29 bits per heavy atom. The Labute approximate surface area is 92.1 Å². The van der Waals surface area contributed by atoms with Gasteiger partial charge in [0.25, 0.3) is 0 Å². The number of para-hydroxylation sites is 1. The van der Waals surface area contributed by atoms with Crippen molar-refractivity contribution in [3.63, 3.8) is 0 Å². The second-order valence-corrected chi connectivity index (χ2v) is 3.52. The predicted octanol–water partition coefficient (Wildman–Crippen LogP) is 3.28. The summed E-state index contributed by atoms with van der Waals surface area (Å²) < 4.78 is 5.23. The van der Waals surface area contributed by atoms with Gasteiger partial charge in [0.15, 0.2) is 6.29 Å². The molecule has 0 atom stereocenters. The van der Waals surface area contributed by atoms with Crippen molar-refractivity contribution >= 4 is 29.5 Å². The van der Waals surface area contributed by atoms with Gasteiger partial charge in [-0.1, -0.05) is 35.8 Å². The maximum absolute atomic E-state index is 10.6. The molecule has 0 aromatic heterocycles. The number of aldehydes is 1. The molecule has 0 saturated carbocycles. The minimum atomic E-state index is 0.131. The van der Waals surface area contributed by atoms with Crippen molar-refractivity contribution in [2.24, 2.45) is 0 Å². The molecule has 4 heteroatoms. The minimum absolute atomic E-state index is 0.131. The van der Waals surface area contributed by atoms with Crippen molar-refractivity contribution in [2.75, 3.05) is 6.61 Å². The van der Waals surface area contributed by atoms with Crippen LogP contribution in [0.4, 0.5) is 0 Å². The van der Waals surface area contributed by atoms with Crippen LogP contribution >= 0.6 is 23.2 Å². The average Bonchev–Trinajstić information content (AvgIpc) is 2.15. The molecular weight excluding hydrogens is 223 g/mol. The lowest BCUT2D eigenvalue weighted by atomic mass is 10.2. The van der Waals surface area contributed by atoms with Gasteiger partial charge in [0, 0.05) is 5.03 Å². The number of benzene rings is 1. The molecule has 1 aromatic rings. The first kappa shape index (κ1) is 11.1. The van der Waals surface area contributed by atoms with Gasteiger partial charge in [0.05, 0.1) is 10.6 Å². The first-order valence-electron chi connectivity index (χ1n) is 3.85. The minimum Gasteiger partial charge on any atom is -0.486 e. The predicted molar refractivity (Wildman–Crippen MR) is 57.3 cm³/mol. The van der Waals surface area contributed by atoms with Crippen molar-refractivity contribution in [1.82, 2.24) is 0 Å². The van der Waals surface area contributed by atoms with E-state index in [0.29, 0.717) is 27.7 Å². The van der Waals surface area contributed by atoms with Crippen LogP contribution in [-0.2, 0) is 0 Å². The van der Waals surface area contributed by atoms with Crippen LogP contribution in [0.5, 0.6) is 5.75 Å². The van der Waals surface area contributed by atoms with E-state index in [9.17, 15) is 4.79 Å². The van der Waals surface area contributed by atoms with E-state index in [4.69, 9.17) is 27.9 Å². The summed E-state index contributed by atoms with van der Waals surface area (Å²) in [5.41, 5.74) is 0.399. The van der Waals surface area contributed by atoms with Crippen LogP contribution < -0.4 is 4.74 Å². The van der Waals surface area contributed by atoms with Gasteiger partial charge in [-0.25, -0.2) is 0 Å². The summed E-state index contributed by atoms with van der Waals surface area (Å²) in [6, 6.07) is 4.93. The van der Waals surface area contributed by atoms with E-state index >= 15 is 0 Å². The summed E-state index contributed by atoms with van der Waals surface area (Å²) in [6.07, 6.45) is 0.679. The lowest BCUT2D eigenvalue weighted by Crippen LogP contribution is -1.99. The topological polar surface area (TPSA) is 26.3 Å². The van der Waals surface area contributed by atoms with Gasteiger partial charge in [0.2, 0.25) is 0 Å². The second-order valence-electron chi connectivity index (χ2n) is 2.58. The fourth-order valence-electron chi connectivity index (χ4n) is 0.921. The van der Waals surface area contributed by atoms with Gasteiger partial charge in [-0.05, 0) is 12.1 Å². The van der Waals surface area contributed by atoms with E-state index in [1.54, 1.807) is 18.2 Å². The Bertz CT molecular complexity index is 361. The molecule has 74 valence electrons. The van der Waals surface area contributed by atoms with Crippen LogP contribution in [0.3, 0.4) is 0 Å². The average molecular weight is 231 g/mol. The Morgan fingerprint density at radius 3 is 2.86 bits per heavy atom. The molecule has 0 aliphatic rings. The van der Waals surface area contributed by atoms with E-state index in [0.717, 1.165) is 0 Å². The van der Waals surface area contributed by atoms with Crippen molar-refractivity contribution < 1.29 is 9.53 Å². The number of carbonyl (C=O) groups is 1. The van der Waals surface area contributed by atoms with E-state index in [2.05, 4.69) is 6.58 Å². The molecule has 0 fully saturated rings. The van der Waals surface area contributed by atoms with Gasteiger partial charge in [-0.15, -0.1) is 0 Å². The largest absolute Gasteiger partial charge is 0.486 e. The molecule has 14 heavy (non-hydrogen) atoms. The number of halogens is 2. The Kier molecular flexibility index (Phi) is 3.98. The molecule has 0 aliphatic carbocycles. The first-order chi connectivity index (χ1) is 6.65. The highest BCUT2D eigenvalue weighted by Gasteiger charge is 2.07. The van der Waals surface area contributed by atoms with Gasteiger partial charge in [-0.3, -0.25) is 4.79 Å². The van der Waals surface area contributed by atoms with Crippen LogP contribution in [0.2, 0.25) is 5.02 Å². The van der Waals surface area contributed by atoms with Crippen LogP contribution in [-0.4, -0.2) is 12.9 Å². The Balaban J connectivity index is 2.93. The molecule has 0 bridgehead atoms. The van der Waals surface area contributed by atoms with E-state index < -0.39 is 0 Å². The highest BCUT2D eigenvalue weighted by atomic mass is 35.5. The van der Waals surface area contributed by atoms with Gasteiger partial charge in [0.1, 0.15) is 12.4 Å². The molecule has 0 radical (unpaired) electrons. The SMILES string of the molecule is C=C(Cl)COc1c(Cl)cccc1C=O. The van der Waals surface area contributed by atoms with Crippen molar-refractivity contribution in [3.05, 3.63) is 40.4 Å². The molecule has 1 rings (SSSR count). The molecule has 0 spiro atoms. The summed E-state index contributed by atoms with van der Waals surface area (Å²) in [5.74, 6) is 0.339. The molecular formula is C10H8Cl2O2. The van der Waals surface area contributed by atoms with Crippen LogP contribution in [0.15, 0.2) is 29.8 Å². The van der Waals surface area contributed by atoms with E-state index in [1.165, 1.54) is 0 Å². The number of hydrogen-bond donors (Lipinski definition) is 0. The molecule has 0 amide bonds. The van der Waals surface area contributed by atoms with Gasteiger partial charge < -0.3 is 4.74 Å². The third-order valence-corrected chi connectivity index (χ3v) is 1.90. The van der Waals surface area contributed by atoms with E-state index in [-0.39, 0.29) is 6.61 Å². The maximum Gasteiger partial charge on any atom is 0.153 e. The maximum atomic E-state index is 10.6. The fourth-order valence-corrected chi connectivity index (χ4v) is 1.21. The first-order valence-corrected chi connectivity index (χ1v) is 4.60. The summed E-state index contributed by atoms with van der Waals surface area (Å²) >= 11 is 11.4. The lowest BCUT2D eigenvalue weighted by molar-refractivity contribution is 0.112. The third kappa shape index (κ3) is 2.76. The van der Waals surface area contributed by atoms with Crippen molar-refractivity contribution in [2.45, 2.75) is 0 Å². The number of hydrogen-bond acceptors (Lipinski definition) is 2. The molecule has 0 unspecified atom stereocenters. The summed E-state index contributed by atoms with van der Waals surface area (Å²) in [7, 11) is 0. The summed E-state index contributed by atoms with van der Waals surface area (Å²) in [4.78, 5) is 10.6. The normalized spacial score (nSPS) is 9.57. The van der Waals surface area contributed by atoms with Crippen molar-refractivity contribution in [3.8, 4) is 5.75 Å². The van der Waals surface area contributed by atoms with Crippen molar-refractivity contribution in [1.29, 1.82) is 0 Å². The molecule has 2 nitrogen and oxygen atoms in total. The van der Waals surface area contributed by atoms with Gasteiger partial charge in [-0.2, -0.15) is 0 Å². The molecule has 0 N–H and O–H groups in total. The Hall–Kier alpha value is -0.990. The second kappa shape index (κ2) is 5.03. The molecule has 0 saturated heterocycles. The van der Waals surface area contributed by atoms with Crippen LogP contribution in [0.25, 0.3) is 0 Å². The smallest absolute Gasteiger partial charge is 0.153 e. The lowest BCUT2D eigenvalue weighted by Gasteiger charge is -2.08. The zero-order valence-electron chi connectivity index (χ0n) is 7.30. The molecule has 1 aromatic carbocycles. The van der Waals surface area contributed by atoms with E-state index in [1.807, 2.05) is 0 Å². The molecule has 0 aliphatic heterocycles. The fraction of sp³-hybridized carbons (Fsp3) is 0.100. The Morgan fingerprint density at radius 1 is 1.57 bits per heavy atom. The third-order valence-electron chi connectivity index (χ3n) is 1.50. The van der Waals surface area contributed by atoms with Crippen LogP contribution in [0, 0.1) is 0 Å². The standard InChI is InChI=1S/C10H8Cl2O2/c1-7(11)6-14-10-8(5-13)3-2-4-9(10)12/h2-5H,1,6H2.